The van der Waals surface area contributed by atoms with Crippen LogP contribution in [-0.2, 0) is 25.4 Å². The lowest BCUT2D eigenvalue weighted by molar-refractivity contribution is -0.146. The number of thiazole rings is 1. The van der Waals surface area contributed by atoms with Gasteiger partial charge in [-0.1, -0.05) is 18.3 Å². The van der Waals surface area contributed by atoms with Gasteiger partial charge in [0.15, 0.2) is 17.3 Å². The highest BCUT2D eigenvalue weighted by Crippen LogP contribution is 2.44. The van der Waals surface area contributed by atoms with Crippen LogP contribution >= 0.6 is 11.3 Å². The van der Waals surface area contributed by atoms with Gasteiger partial charge >= 0.3 is 18.2 Å². The number of amides is 3. The fourth-order valence-corrected chi connectivity index (χ4v) is 7.49. The van der Waals surface area contributed by atoms with Crippen LogP contribution in [0.5, 0.6) is 5.75 Å². The van der Waals surface area contributed by atoms with Gasteiger partial charge in [-0.15, -0.1) is 0 Å². The number of hydrogen-bond donors (Lipinski definition) is 3. The van der Waals surface area contributed by atoms with E-state index in [1.165, 1.54) is 20.2 Å². The lowest BCUT2D eigenvalue weighted by atomic mass is 9.94. The molecule has 3 amide bonds. The summed E-state index contributed by atoms with van der Waals surface area (Å²) in [7, 11) is 1.23. The molecular weight excluding hydrogens is 727 g/mol. The molecule has 292 valence electrons. The number of methoxy groups -OCH3 is 1. The molecule has 3 atom stereocenters. The standard InChI is InChI=1S/C37H46F2N6O8S/c1-18-14-20(41-34(48)52-36(3,4)5)17-45(16-18)30-21-10-12-25(51-19(2)46)28(21)40-15-23(30)42-31(47)29-33(44-35(49)53-37(6,7)8)54-32(43-29)26-22(38)11-13-24(50-9)27(26)39/h11,13,15,18,20,25H,10,12,14,16-17H2,1-9H3,(H,41,48)(H,42,47)(H,44,49). The van der Waals surface area contributed by atoms with Gasteiger partial charge in [-0.05, 0) is 78.9 Å². The van der Waals surface area contributed by atoms with Gasteiger partial charge in [-0.25, -0.2) is 23.4 Å². The molecule has 5 rings (SSSR count). The predicted molar refractivity (Wildman–Crippen MR) is 198 cm³/mol. The third-order valence-corrected chi connectivity index (χ3v) is 9.33. The zero-order valence-corrected chi connectivity index (χ0v) is 32.6. The van der Waals surface area contributed by atoms with E-state index in [-0.39, 0.29) is 39.1 Å². The van der Waals surface area contributed by atoms with Crippen molar-refractivity contribution in [1.82, 2.24) is 15.3 Å². The Morgan fingerprint density at radius 1 is 0.981 bits per heavy atom. The molecule has 1 fully saturated rings. The van der Waals surface area contributed by atoms with Crippen LogP contribution in [0.25, 0.3) is 10.6 Å². The van der Waals surface area contributed by atoms with E-state index in [1.807, 2.05) is 11.8 Å². The Bertz CT molecular complexity index is 1940. The van der Waals surface area contributed by atoms with Crippen LogP contribution in [-0.4, -0.2) is 71.5 Å². The maximum absolute atomic E-state index is 15.4. The second-order valence-electron chi connectivity index (χ2n) is 15.3. The molecule has 2 aliphatic rings. The number of ether oxygens (including phenoxy) is 4. The van der Waals surface area contributed by atoms with E-state index >= 15 is 8.78 Å². The summed E-state index contributed by atoms with van der Waals surface area (Å²) in [6, 6.07) is 1.81. The second-order valence-corrected chi connectivity index (χ2v) is 16.3. The Hall–Kier alpha value is -5.06. The molecule has 17 heteroatoms. The fraction of sp³-hybridized carbons (Fsp3) is 0.514. The average Bonchev–Trinajstić information content (AvgIpc) is 3.62. The number of nitrogens with zero attached hydrogens (tertiary/aromatic N) is 3. The van der Waals surface area contributed by atoms with E-state index in [1.54, 1.807) is 41.5 Å². The number of esters is 1. The molecule has 14 nitrogen and oxygen atoms in total. The summed E-state index contributed by atoms with van der Waals surface area (Å²) in [6.07, 6.45) is 0.969. The first-order valence-electron chi connectivity index (χ1n) is 17.5. The Kier molecular flexibility index (Phi) is 11.7. The summed E-state index contributed by atoms with van der Waals surface area (Å²) in [5, 5.41) is 7.98. The van der Waals surface area contributed by atoms with Crippen LogP contribution in [0.2, 0.25) is 0 Å². The van der Waals surface area contributed by atoms with Crippen molar-refractivity contribution in [2.24, 2.45) is 5.92 Å². The zero-order valence-electron chi connectivity index (χ0n) is 31.8. The maximum Gasteiger partial charge on any atom is 0.412 e. The topological polar surface area (TPSA) is 170 Å². The Morgan fingerprint density at radius 3 is 2.31 bits per heavy atom. The van der Waals surface area contributed by atoms with Crippen LogP contribution in [0.3, 0.4) is 0 Å². The van der Waals surface area contributed by atoms with Gasteiger partial charge in [0, 0.05) is 31.6 Å². The Morgan fingerprint density at radius 2 is 1.67 bits per heavy atom. The maximum atomic E-state index is 15.4. The smallest absolute Gasteiger partial charge is 0.412 e. The van der Waals surface area contributed by atoms with Crippen molar-refractivity contribution >= 4 is 51.8 Å². The first-order valence-corrected chi connectivity index (χ1v) is 18.3. The lowest BCUT2D eigenvalue weighted by Crippen LogP contribution is -2.51. The molecule has 0 saturated carbocycles. The quantitative estimate of drug-likeness (QED) is 0.154. The summed E-state index contributed by atoms with van der Waals surface area (Å²) in [5.41, 5.74) is -0.332. The van der Waals surface area contributed by atoms with Gasteiger partial charge in [0.2, 0.25) is 0 Å². The Balaban J connectivity index is 1.56. The summed E-state index contributed by atoms with van der Waals surface area (Å²) < 4.78 is 52.1. The highest BCUT2D eigenvalue weighted by Gasteiger charge is 2.36. The summed E-state index contributed by atoms with van der Waals surface area (Å²) in [6.45, 7) is 14.6. The molecule has 1 aliphatic carbocycles. The van der Waals surface area contributed by atoms with Crippen molar-refractivity contribution in [2.75, 3.05) is 35.7 Å². The SMILES string of the molecule is COc1ccc(F)c(-c2nc(C(=O)Nc3cnc4c(c3N3CC(C)CC(NC(=O)OC(C)(C)C)C3)CCC4OC(C)=O)c(NC(=O)OC(C)(C)C)s2)c1F. The van der Waals surface area contributed by atoms with Gasteiger partial charge < -0.3 is 34.5 Å². The molecule has 1 saturated heterocycles. The highest BCUT2D eigenvalue weighted by molar-refractivity contribution is 7.19. The number of aromatic nitrogens is 2. The third-order valence-electron chi connectivity index (χ3n) is 8.34. The van der Waals surface area contributed by atoms with E-state index < -0.39 is 58.6 Å². The zero-order chi connectivity index (χ0) is 39.7. The highest BCUT2D eigenvalue weighted by atomic mass is 32.1. The molecule has 1 aliphatic heterocycles. The number of carbonyl (C=O) groups excluding carboxylic acids is 4. The number of rotatable bonds is 8. The van der Waals surface area contributed by atoms with Gasteiger partial charge in [-0.3, -0.25) is 19.9 Å². The molecule has 0 bridgehead atoms. The number of benzene rings is 1. The van der Waals surface area contributed by atoms with E-state index in [0.717, 1.165) is 17.7 Å². The van der Waals surface area contributed by atoms with Gasteiger partial charge in [0.25, 0.3) is 5.91 Å². The van der Waals surface area contributed by atoms with Gasteiger partial charge in [0.1, 0.15) is 33.1 Å². The van der Waals surface area contributed by atoms with Crippen LogP contribution in [0.1, 0.15) is 96.1 Å². The van der Waals surface area contributed by atoms with Gasteiger partial charge in [0.05, 0.1) is 35.9 Å². The number of nitrogens with one attached hydrogen (secondary N) is 3. The van der Waals surface area contributed by atoms with Crippen LogP contribution < -0.4 is 25.6 Å². The van der Waals surface area contributed by atoms with Crippen LogP contribution in [0, 0.1) is 17.6 Å². The molecule has 0 radical (unpaired) electrons. The van der Waals surface area contributed by atoms with E-state index in [2.05, 4.69) is 25.9 Å². The third kappa shape index (κ3) is 9.53. The predicted octanol–water partition coefficient (Wildman–Crippen LogP) is 7.38. The minimum atomic E-state index is -1.04. The molecule has 3 heterocycles. The summed E-state index contributed by atoms with van der Waals surface area (Å²) >= 11 is 0.676. The van der Waals surface area contributed by atoms with Crippen molar-refractivity contribution in [2.45, 2.75) is 98.0 Å². The van der Waals surface area contributed by atoms with Crippen LogP contribution in [0.15, 0.2) is 18.3 Å². The van der Waals surface area contributed by atoms with Crippen molar-refractivity contribution < 1.29 is 46.9 Å². The molecule has 2 aromatic heterocycles. The van der Waals surface area contributed by atoms with Crippen molar-refractivity contribution in [3.8, 4) is 16.3 Å². The molecule has 54 heavy (non-hydrogen) atoms. The molecule has 3 N–H and O–H groups in total. The van der Waals surface area contributed by atoms with Crippen molar-refractivity contribution in [1.29, 1.82) is 0 Å². The normalized spacial score (nSPS) is 18.4. The van der Waals surface area contributed by atoms with E-state index in [4.69, 9.17) is 18.9 Å². The Labute approximate surface area is 316 Å². The number of pyridine rings is 1. The minimum Gasteiger partial charge on any atom is -0.494 e. The number of piperidine rings is 1. The summed E-state index contributed by atoms with van der Waals surface area (Å²) in [5.74, 6) is -3.43. The first-order chi connectivity index (χ1) is 25.2. The van der Waals surface area contributed by atoms with E-state index in [0.29, 0.717) is 55.1 Å². The second kappa shape index (κ2) is 15.7. The molecule has 0 spiro atoms. The molecular formula is C37H46F2N6O8S. The summed E-state index contributed by atoms with van der Waals surface area (Å²) in [4.78, 5) is 62.8. The van der Waals surface area contributed by atoms with Crippen molar-refractivity contribution in [3.05, 3.63) is 46.9 Å². The number of alkyl carbamates (subject to hydrolysis) is 1. The molecule has 1 aromatic carbocycles. The number of fused-ring (bicyclic) bond motifs is 1. The number of carbonyl (C=O) groups is 4. The first kappa shape index (κ1) is 40.1. The number of hydrogen-bond acceptors (Lipinski definition) is 12. The largest absolute Gasteiger partial charge is 0.494 e. The van der Waals surface area contributed by atoms with Crippen molar-refractivity contribution in [3.63, 3.8) is 0 Å². The van der Waals surface area contributed by atoms with Crippen LogP contribution in [0.4, 0.5) is 34.7 Å². The minimum absolute atomic E-state index is 0.0927. The molecule has 3 unspecified atom stereocenters. The monoisotopic (exact) mass is 772 g/mol. The fourth-order valence-electron chi connectivity index (χ4n) is 6.50. The number of halogens is 2. The van der Waals surface area contributed by atoms with Gasteiger partial charge in [-0.2, -0.15) is 0 Å². The molecule has 3 aromatic rings. The number of anilines is 3. The van der Waals surface area contributed by atoms with E-state index in [9.17, 15) is 19.2 Å². The average molecular weight is 773 g/mol. The lowest BCUT2D eigenvalue weighted by Gasteiger charge is -2.40.